The molecule has 1 atom stereocenters. The van der Waals surface area contributed by atoms with E-state index in [1.54, 1.807) is 10.9 Å². The van der Waals surface area contributed by atoms with Crippen molar-refractivity contribution < 1.29 is 0 Å². The van der Waals surface area contributed by atoms with Gasteiger partial charge in [-0.3, -0.25) is 0 Å². The molecule has 1 aliphatic heterocycles. The van der Waals surface area contributed by atoms with Gasteiger partial charge in [0.2, 0.25) is 0 Å². The van der Waals surface area contributed by atoms with E-state index in [4.69, 9.17) is 5.73 Å². The van der Waals surface area contributed by atoms with Gasteiger partial charge < -0.3 is 10.6 Å². The van der Waals surface area contributed by atoms with E-state index in [0.717, 1.165) is 12.4 Å². The second kappa shape index (κ2) is 3.33. The van der Waals surface area contributed by atoms with Gasteiger partial charge in [0.1, 0.15) is 5.82 Å². The van der Waals surface area contributed by atoms with Crippen LogP contribution in [0.5, 0.6) is 0 Å². The molecular weight excluding hydrogens is 166 g/mol. The Balaban J connectivity index is 2.20. The molecular formula is C8H15N5. The molecule has 0 amide bonds. The topological polar surface area (TPSA) is 60.0 Å². The summed E-state index contributed by atoms with van der Waals surface area (Å²) in [6, 6.07) is 0.470. The summed E-state index contributed by atoms with van der Waals surface area (Å²) in [5, 5.41) is 7.78. The molecule has 2 heterocycles. The van der Waals surface area contributed by atoms with E-state index in [2.05, 4.69) is 15.2 Å². The third-order valence-electron chi connectivity index (χ3n) is 2.63. The minimum atomic E-state index is 0.470. The Bertz CT molecular complexity index is 282. The Morgan fingerprint density at radius 3 is 3.15 bits per heavy atom. The van der Waals surface area contributed by atoms with Crippen LogP contribution in [0.1, 0.15) is 12.8 Å². The average Bonchev–Trinajstić information content (AvgIpc) is 2.71. The number of aryl methyl sites for hydroxylation is 1. The number of anilines is 1. The van der Waals surface area contributed by atoms with Crippen LogP contribution < -0.4 is 10.6 Å². The van der Waals surface area contributed by atoms with E-state index in [0.29, 0.717) is 12.6 Å². The van der Waals surface area contributed by atoms with Gasteiger partial charge in [0.25, 0.3) is 0 Å². The zero-order valence-corrected chi connectivity index (χ0v) is 7.85. The summed E-state index contributed by atoms with van der Waals surface area (Å²) in [6.45, 7) is 1.79. The van der Waals surface area contributed by atoms with Gasteiger partial charge in [0.15, 0.2) is 0 Å². The molecule has 1 fully saturated rings. The van der Waals surface area contributed by atoms with Crippen molar-refractivity contribution in [3.8, 4) is 0 Å². The molecule has 72 valence electrons. The highest BCUT2D eigenvalue weighted by atomic mass is 15.5. The monoisotopic (exact) mass is 181 g/mol. The van der Waals surface area contributed by atoms with Crippen molar-refractivity contribution in [2.45, 2.75) is 18.9 Å². The van der Waals surface area contributed by atoms with Crippen molar-refractivity contribution in [2.24, 2.45) is 12.8 Å². The van der Waals surface area contributed by atoms with Crippen molar-refractivity contribution in [3.63, 3.8) is 0 Å². The van der Waals surface area contributed by atoms with Crippen LogP contribution in [0.4, 0.5) is 5.82 Å². The molecule has 5 heteroatoms. The van der Waals surface area contributed by atoms with Crippen molar-refractivity contribution in [1.29, 1.82) is 0 Å². The number of nitrogens with two attached hydrogens (primary N) is 1. The van der Waals surface area contributed by atoms with E-state index >= 15 is 0 Å². The minimum Gasteiger partial charge on any atom is -0.351 e. The first-order valence-corrected chi connectivity index (χ1v) is 4.64. The fourth-order valence-corrected chi connectivity index (χ4v) is 1.93. The van der Waals surface area contributed by atoms with Gasteiger partial charge in [-0.25, -0.2) is 4.68 Å². The van der Waals surface area contributed by atoms with Gasteiger partial charge in [0, 0.05) is 26.2 Å². The number of rotatable bonds is 2. The molecule has 13 heavy (non-hydrogen) atoms. The molecule has 0 aromatic carbocycles. The summed E-state index contributed by atoms with van der Waals surface area (Å²) < 4.78 is 1.80. The standard InChI is InChI=1S/C8H15N5/c1-12-8(6-10-11-12)13-4-2-3-7(13)5-9/h6-7H,2-5,9H2,1H3. The normalized spacial score (nSPS) is 22.6. The smallest absolute Gasteiger partial charge is 0.147 e. The molecule has 0 radical (unpaired) electrons. The molecule has 1 aromatic heterocycles. The zero-order chi connectivity index (χ0) is 9.26. The maximum absolute atomic E-state index is 5.69. The van der Waals surface area contributed by atoms with Crippen LogP contribution in [0.25, 0.3) is 0 Å². The van der Waals surface area contributed by atoms with Gasteiger partial charge in [-0.15, -0.1) is 5.10 Å². The quantitative estimate of drug-likeness (QED) is 0.683. The Labute approximate surface area is 77.5 Å². The van der Waals surface area contributed by atoms with Crippen molar-refractivity contribution >= 4 is 5.82 Å². The van der Waals surface area contributed by atoms with Crippen molar-refractivity contribution in [1.82, 2.24) is 15.0 Å². The van der Waals surface area contributed by atoms with Crippen LogP contribution in [0, 0.1) is 0 Å². The first-order valence-electron chi connectivity index (χ1n) is 4.64. The molecule has 1 aliphatic rings. The summed E-state index contributed by atoms with van der Waals surface area (Å²) in [4.78, 5) is 2.29. The van der Waals surface area contributed by atoms with Crippen molar-refractivity contribution in [2.75, 3.05) is 18.0 Å². The summed E-state index contributed by atoms with van der Waals surface area (Å²) in [5.41, 5.74) is 5.69. The maximum Gasteiger partial charge on any atom is 0.147 e. The van der Waals surface area contributed by atoms with Gasteiger partial charge >= 0.3 is 0 Å². The van der Waals surface area contributed by atoms with Crippen molar-refractivity contribution in [3.05, 3.63) is 6.20 Å². The summed E-state index contributed by atoms with van der Waals surface area (Å²) >= 11 is 0. The molecule has 0 aliphatic carbocycles. The van der Waals surface area contributed by atoms with Crippen LogP contribution >= 0.6 is 0 Å². The van der Waals surface area contributed by atoms with Gasteiger partial charge in [-0.1, -0.05) is 5.21 Å². The lowest BCUT2D eigenvalue weighted by Gasteiger charge is -2.24. The van der Waals surface area contributed by atoms with E-state index in [9.17, 15) is 0 Å². The van der Waals surface area contributed by atoms with Crippen LogP contribution in [-0.4, -0.2) is 34.1 Å². The first-order chi connectivity index (χ1) is 6.33. The van der Waals surface area contributed by atoms with Crippen LogP contribution in [0.3, 0.4) is 0 Å². The molecule has 0 spiro atoms. The minimum absolute atomic E-state index is 0.470. The summed E-state index contributed by atoms with van der Waals surface area (Å²) in [6.07, 6.45) is 4.20. The number of hydrogen-bond acceptors (Lipinski definition) is 4. The molecule has 5 nitrogen and oxygen atoms in total. The fraction of sp³-hybridized carbons (Fsp3) is 0.750. The molecule has 0 saturated carbocycles. The lowest BCUT2D eigenvalue weighted by atomic mass is 10.2. The lowest BCUT2D eigenvalue weighted by Crippen LogP contribution is -2.36. The lowest BCUT2D eigenvalue weighted by molar-refractivity contribution is 0.638. The highest BCUT2D eigenvalue weighted by Gasteiger charge is 2.25. The predicted molar refractivity (Wildman–Crippen MR) is 50.4 cm³/mol. The van der Waals surface area contributed by atoms with Crippen LogP contribution in [0.15, 0.2) is 6.20 Å². The zero-order valence-electron chi connectivity index (χ0n) is 7.85. The molecule has 0 bridgehead atoms. The number of nitrogens with zero attached hydrogens (tertiary/aromatic N) is 4. The second-order valence-electron chi connectivity index (χ2n) is 3.44. The Morgan fingerprint density at radius 1 is 1.69 bits per heavy atom. The highest BCUT2D eigenvalue weighted by Crippen LogP contribution is 2.22. The largest absolute Gasteiger partial charge is 0.351 e. The predicted octanol–water partition coefficient (Wildman–Crippen LogP) is -0.257. The third kappa shape index (κ3) is 1.39. The first kappa shape index (κ1) is 8.50. The van der Waals surface area contributed by atoms with E-state index in [1.165, 1.54) is 12.8 Å². The number of hydrogen-bond donors (Lipinski definition) is 1. The SMILES string of the molecule is Cn1nncc1N1CCCC1CN. The maximum atomic E-state index is 5.69. The number of aromatic nitrogens is 3. The summed E-state index contributed by atoms with van der Waals surface area (Å²) in [7, 11) is 1.91. The Hall–Kier alpha value is -1.10. The molecule has 2 N–H and O–H groups in total. The van der Waals surface area contributed by atoms with E-state index in [-0.39, 0.29) is 0 Å². The van der Waals surface area contributed by atoms with E-state index < -0.39 is 0 Å². The average molecular weight is 181 g/mol. The Morgan fingerprint density at radius 2 is 2.54 bits per heavy atom. The Kier molecular flexibility index (Phi) is 2.18. The molecule has 1 aromatic rings. The van der Waals surface area contributed by atoms with Gasteiger partial charge in [0.05, 0.1) is 6.20 Å². The van der Waals surface area contributed by atoms with Crippen LogP contribution in [-0.2, 0) is 7.05 Å². The summed E-state index contributed by atoms with van der Waals surface area (Å²) in [5.74, 6) is 1.08. The molecule has 2 rings (SSSR count). The molecule has 1 saturated heterocycles. The van der Waals surface area contributed by atoms with E-state index in [1.807, 2.05) is 7.05 Å². The highest BCUT2D eigenvalue weighted by molar-refractivity contribution is 5.38. The van der Waals surface area contributed by atoms with Gasteiger partial charge in [-0.05, 0) is 12.8 Å². The second-order valence-corrected chi connectivity index (χ2v) is 3.44. The third-order valence-corrected chi connectivity index (χ3v) is 2.63. The molecule has 1 unspecified atom stereocenters. The van der Waals surface area contributed by atoms with Crippen LogP contribution in [0.2, 0.25) is 0 Å². The fourth-order valence-electron chi connectivity index (χ4n) is 1.93. The van der Waals surface area contributed by atoms with Gasteiger partial charge in [-0.2, -0.15) is 0 Å².